The van der Waals surface area contributed by atoms with Gasteiger partial charge in [-0.3, -0.25) is 19.0 Å². The number of anilines is 1. The average Bonchev–Trinajstić information content (AvgIpc) is 3.40. The first-order valence-corrected chi connectivity index (χ1v) is 19.6. The minimum atomic E-state index is -3.63. The van der Waals surface area contributed by atoms with Crippen LogP contribution in [0.2, 0.25) is 5.02 Å². The monoisotopic (exact) mass is 736 g/mol. The van der Waals surface area contributed by atoms with E-state index in [1.165, 1.54) is 29.1 Å². The Morgan fingerprint density at radius 2 is 2.04 bits per heavy atom. The van der Waals surface area contributed by atoms with Gasteiger partial charge in [0.05, 0.1) is 25.6 Å². The molecule has 2 bridgehead atoms. The fourth-order valence-corrected chi connectivity index (χ4v) is 10.3. The summed E-state index contributed by atoms with van der Waals surface area (Å²) in [5.41, 5.74) is 2.27. The van der Waals surface area contributed by atoms with E-state index >= 15 is 0 Å². The number of carbonyl (C=O) groups is 2. The average molecular weight is 737 g/mol. The van der Waals surface area contributed by atoms with Gasteiger partial charge in [-0.1, -0.05) is 36.7 Å². The van der Waals surface area contributed by atoms with Crippen LogP contribution in [0.5, 0.6) is 11.6 Å². The molecule has 2 aliphatic heterocycles. The zero-order chi connectivity index (χ0) is 35.9. The molecule has 14 heteroatoms. The first-order chi connectivity index (χ1) is 24.5. The molecule has 0 saturated heterocycles. The highest BCUT2D eigenvalue weighted by Gasteiger charge is 2.45. The topological polar surface area (TPSA) is 137 Å². The van der Waals surface area contributed by atoms with E-state index in [0.29, 0.717) is 49.5 Å². The SMILES string of the molecule is COc1nn(C)cc1C(=O)N[S@@]1(=O)=NC(=O)c2ccc3c(n2)N(C[C@@H]2CC[C@H]2[C@@H](OC)/C=C\C[C@H](C)C1)C[C@@]1(CCCc2cc(Cl)ccc21)CO3. The summed E-state index contributed by atoms with van der Waals surface area (Å²) in [6.45, 7) is 3.72. The second kappa shape index (κ2) is 14.2. The van der Waals surface area contributed by atoms with Crippen molar-refractivity contribution >= 4 is 39.1 Å². The Labute approximate surface area is 304 Å². The largest absolute Gasteiger partial charge is 0.489 e. The number of aromatic nitrogens is 3. The number of methoxy groups -OCH3 is 2. The molecule has 3 aromatic rings. The molecule has 2 aromatic heterocycles. The van der Waals surface area contributed by atoms with Crippen LogP contribution in [0.4, 0.5) is 5.82 Å². The molecule has 1 aromatic carbocycles. The maximum Gasteiger partial charge on any atom is 0.305 e. The normalized spacial score (nSPS) is 29.7. The highest BCUT2D eigenvalue weighted by Crippen LogP contribution is 2.46. The van der Waals surface area contributed by atoms with Crippen LogP contribution in [-0.4, -0.2) is 76.6 Å². The van der Waals surface area contributed by atoms with Crippen molar-refractivity contribution in [1.29, 1.82) is 0 Å². The lowest BCUT2D eigenvalue weighted by atomic mass is 9.68. The molecule has 272 valence electrons. The number of benzene rings is 1. The zero-order valence-electron chi connectivity index (χ0n) is 29.5. The summed E-state index contributed by atoms with van der Waals surface area (Å²) in [6, 6.07) is 9.48. The van der Waals surface area contributed by atoms with Gasteiger partial charge in [0.1, 0.15) is 21.2 Å². The molecule has 0 unspecified atom stereocenters. The second-order valence-corrected chi connectivity index (χ2v) is 16.9. The predicted molar refractivity (Wildman–Crippen MR) is 195 cm³/mol. The Balaban J connectivity index is 1.31. The third-order valence-corrected chi connectivity index (χ3v) is 13.0. The Hall–Kier alpha value is -3.94. The summed E-state index contributed by atoms with van der Waals surface area (Å²) >= 11 is 6.44. The number of nitrogens with zero attached hydrogens (tertiary/aromatic N) is 5. The van der Waals surface area contributed by atoms with Gasteiger partial charge < -0.3 is 19.1 Å². The van der Waals surface area contributed by atoms with Crippen LogP contribution in [0.1, 0.15) is 71.0 Å². The Kier molecular flexibility index (Phi) is 9.90. The molecule has 2 aliphatic carbocycles. The van der Waals surface area contributed by atoms with Crippen molar-refractivity contribution in [3.8, 4) is 11.6 Å². The standard InChI is InChI=1S/C37H45ClN6O6S/c1-23-7-5-9-31(48-3)27-12-10-25(27)18-44-21-37(16-6-8-24-17-26(38)11-13-29(24)37)22-50-32-15-14-30(39-33(32)44)35(46)42-51(47,20-23)41-34(45)28-19-43(2)40-36(28)49-4/h5,9,11,13-15,17,19,23,25,27,31H,6-8,10,12,16,18,20-22H2,1-4H3,(H,41,42,45,46,47)/b9-5-/t23-,25-,27+,31-,37-,51+/m0/s1. The molecule has 0 radical (unpaired) electrons. The van der Waals surface area contributed by atoms with Gasteiger partial charge in [-0.15, -0.1) is 9.46 Å². The number of carbonyl (C=O) groups excluding carboxylic acids is 2. The molecular formula is C37H45ClN6O6S. The van der Waals surface area contributed by atoms with Crippen LogP contribution < -0.4 is 19.1 Å². The minimum absolute atomic E-state index is 0.0228. The molecule has 51 heavy (non-hydrogen) atoms. The summed E-state index contributed by atoms with van der Waals surface area (Å²) in [4.78, 5) is 34.6. The van der Waals surface area contributed by atoms with Gasteiger partial charge in [-0.2, -0.15) is 0 Å². The maximum atomic E-state index is 14.5. The summed E-state index contributed by atoms with van der Waals surface area (Å²) < 4.78 is 40.6. The molecule has 12 nitrogen and oxygen atoms in total. The fraction of sp³-hybridized carbons (Fsp3) is 0.514. The highest BCUT2D eigenvalue weighted by molar-refractivity contribution is 7.92. The van der Waals surface area contributed by atoms with Crippen LogP contribution in [0, 0.1) is 17.8 Å². The van der Waals surface area contributed by atoms with E-state index in [1.54, 1.807) is 26.3 Å². The van der Waals surface area contributed by atoms with Crippen molar-refractivity contribution < 1.29 is 28.0 Å². The van der Waals surface area contributed by atoms with Crippen molar-refractivity contribution in [3.05, 3.63) is 76.1 Å². The molecule has 2 amide bonds. The van der Waals surface area contributed by atoms with Crippen molar-refractivity contribution in [1.82, 2.24) is 19.5 Å². The number of rotatable bonds is 4. The van der Waals surface area contributed by atoms with Gasteiger partial charge in [0.15, 0.2) is 11.6 Å². The lowest BCUT2D eigenvalue weighted by Gasteiger charge is -2.45. The van der Waals surface area contributed by atoms with Crippen molar-refractivity contribution in [2.24, 2.45) is 29.2 Å². The van der Waals surface area contributed by atoms with Crippen LogP contribution in [-0.2, 0) is 33.5 Å². The number of fused-ring (bicyclic) bond motifs is 4. The van der Waals surface area contributed by atoms with Gasteiger partial charge in [0, 0.05) is 43.9 Å². The number of pyridine rings is 1. The van der Waals surface area contributed by atoms with E-state index in [4.69, 9.17) is 30.8 Å². The third kappa shape index (κ3) is 7.12. The molecule has 6 atom stereocenters. The number of hydrogen-bond acceptors (Lipinski definition) is 9. The van der Waals surface area contributed by atoms with Gasteiger partial charge in [0.25, 0.3) is 5.91 Å². The van der Waals surface area contributed by atoms with E-state index in [1.807, 2.05) is 13.0 Å². The van der Waals surface area contributed by atoms with Crippen molar-refractivity contribution in [2.75, 3.05) is 44.6 Å². The molecule has 1 fully saturated rings. The minimum Gasteiger partial charge on any atom is -0.489 e. The molecular weight excluding hydrogens is 692 g/mol. The predicted octanol–water partition coefficient (Wildman–Crippen LogP) is 5.54. The first kappa shape index (κ1) is 35.5. The number of halogens is 1. The Morgan fingerprint density at radius 3 is 2.80 bits per heavy atom. The molecule has 4 aliphatic rings. The highest BCUT2D eigenvalue weighted by atomic mass is 35.5. The van der Waals surface area contributed by atoms with Crippen LogP contribution >= 0.6 is 11.6 Å². The number of amides is 2. The lowest BCUT2D eigenvalue weighted by molar-refractivity contribution is 0.0131. The molecule has 4 heterocycles. The first-order valence-electron chi connectivity index (χ1n) is 17.6. The fourth-order valence-electron chi connectivity index (χ4n) is 8.19. The maximum absolute atomic E-state index is 14.5. The Morgan fingerprint density at radius 1 is 1.20 bits per heavy atom. The molecule has 1 N–H and O–H groups in total. The van der Waals surface area contributed by atoms with E-state index in [9.17, 15) is 13.8 Å². The Bertz CT molecular complexity index is 1990. The summed E-state index contributed by atoms with van der Waals surface area (Å²) in [6.07, 6.45) is 11.1. The van der Waals surface area contributed by atoms with E-state index in [-0.39, 0.29) is 40.3 Å². The smallest absolute Gasteiger partial charge is 0.305 e. The molecule has 1 spiro atoms. The quantitative estimate of drug-likeness (QED) is 0.343. The summed E-state index contributed by atoms with van der Waals surface area (Å²) in [7, 11) is 1.15. The number of hydrogen-bond donors (Lipinski definition) is 1. The van der Waals surface area contributed by atoms with Gasteiger partial charge in [-0.05, 0) is 91.7 Å². The number of aryl methyl sites for hydroxylation is 2. The summed E-state index contributed by atoms with van der Waals surface area (Å²) in [5, 5.41) is 4.86. The lowest BCUT2D eigenvalue weighted by Crippen LogP contribution is -2.49. The summed E-state index contributed by atoms with van der Waals surface area (Å²) in [5.74, 6) is 0.0963. The van der Waals surface area contributed by atoms with Crippen molar-refractivity contribution in [2.45, 2.75) is 57.0 Å². The van der Waals surface area contributed by atoms with Crippen LogP contribution in [0.25, 0.3) is 0 Å². The van der Waals surface area contributed by atoms with Gasteiger partial charge in [0.2, 0.25) is 5.88 Å². The second-order valence-electron chi connectivity index (χ2n) is 14.5. The van der Waals surface area contributed by atoms with Crippen LogP contribution in [0.15, 0.2) is 53.0 Å². The van der Waals surface area contributed by atoms with Gasteiger partial charge in [-0.25, -0.2) is 9.19 Å². The van der Waals surface area contributed by atoms with E-state index in [0.717, 1.165) is 37.1 Å². The zero-order valence-corrected chi connectivity index (χ0v) is 31.0. The molecule has 7 rings (SSSR count). The van der Waals surface area contributed by atoms with Crippen LogP contribution in [0.3, 0.4) is 0 Å². The van der Waals surface area contributed by atoms with E-state index < -0.39 is 21.7 Å². The third-order valence-electron chi connectivity index (χ3n) is 10.8. The van der Waals surface area contributed by atoms with Gasteiger partial charge >= 0.3 is 5.91 Å². The number of allylic oxidation sites excluding steroid dienone is 1. The number of ether oxygens (including phenoxy) is 3. The molecule has 1 saturated carbocycles. The van der Waals surface area contributed by atoms with Crippen molar-refractivity contribution in [3.63, 3.8) is 0 Å². The number of nitrogens with one attached hydrogen (secondary N) is 1. The van der Waals surface area contributed by atoms with E-state index in [2.05, 4.69) is 43.4 Å².